The lowest BCUT2D eigenvalue weighted by atomic mass is 9.99. The minimum Gasteiger partial charge on any atom is -0.365 e. The molecule has 0 aromatic carbocycles. The highest BCUT2D eigenvalue weighted by atomic mass is 15.2. The van der Waals surface area contributed by atoms with Crippen molar-refractivity contribution in [2.45, 2.75) is 65.3 Å². The zero-order valence-corrected chi connectivity index (χ0v) is 17.3. The van der Waals surface area contributed by atoms with E-state index < -0.39 is 0 Å². The molecule has 2 heterocycles. The molecule has 2 rings (SSSR count). The van der Waals surface area contributed by atoms with E-state index in [0.29, 0.717) is 11.8 Å². The summed E-state index contributed by atoms with van der Waals surface area (Å²) in [5.41, 5.74) is 1.14. The predicted molar refractivity (Wildman–Crippen MR) is 106 cm³/mol. The van der Waals surface area contributed by atoms with Crippen molar-refractivity contribution in [2.24, 2.45) is 0 Å². The minimum absolute atomic E-state index is 0.0141. The summed E-state index contributed by atoms with van der Waals surface area (Å²) >= 11 is 0. The zero-order valence-electron chi connectivity index (χ0n) is 17.3. The number of hydrogen-bond acceptors (Lipinski definition) is 5. The van der Waals surface area contributed by atoms with Gasteiger partial charge in [-0.1, -0.05) is 27.7 Å². The number of piperazine rings is 1. The quantitative estimate of drug-likeness (QED) is 0.817. The van der Waals surface area contributed by atoms with Gasteiger partial charge in [0.25, 0.3) is 0 Å². The molecule has 5 heteroatoms. The highest BCUT2D eigenvalue weighted by Crippen LogP contribution is 2.23. The zero-order chi connectivity index (χ0) is 18.6. The Morgan fingerprint density at radius 3 is 2.24 bits per heavy atom. The molecule has 0 unspecified atom stereocenters. The van der Waals surface area contributed by atoms with E-state index in [2.05, 4.69) is 69.8 Å². The number of aromatic nitrogens is 2. The predicted octanol–water partition coefficient (Wildman–Crippen LogP) is 3.55. The first-order valence-electron chi connectivity index (χ1n) is 9.74. The summed E-state index contributed by atoms with van der Waals surface area (Å²) in [5.74, 6) is 2.65. The number of hydrogen-bond donors (Lipinski definition) is 1. The molecule has 1 aliphatic heterocycles. The maximum atomic E-state index is 4.76. The van der Waals surface area contributed by atoms with Crippen LogP contribution in [0.4, 0.5) is 5.82 Å². The topological polar surface area (TPSA) is 44.3 Å². The van der Waals surface area contributed by atoms with E-state index in [9.17, 15) is 0 Å². The number of rotatable bonds is 7. The van der Waals surface area contributed by atoms with E-state index >= 15 is 0 Å². The molecular formula is C20H37N5. The van der Waals surface area contributed by atoms with Gasteiger partial charge >= 0.3 is 0 Å². The second-order valence-electron chi connectivity index (χ2n) is 8.75. The molecular weight excluding hydrogens is 310 g/mol. The van der Waals surface area contributed by atoms with Crippen molar-refractivity contribution in [1.82, 2.24) is 19.8 Å². The summed E-state index contributed by atoms with van der Waals surface area (Å²) in [6, 6.07) is 2.12. The van der Waals surface area contributed by atoms with E-state index in [4.69, 9.17) is 9.97 Å². The molecule has 142 valence electrons. The van der Waals surface area contributed by atoms with Crippen LogP contribution in [0.1, 0.15) is 71.3 Å². The van der Waals surface area contributed by atoms with E-state index in [1.165, 1.54) is 26.2 Å². The van der Waals surface area contributed by atoms with Gasteiger partial charge < -0.3 is 15.1 Å². The monoisotopic (exact) mass is 347 g/mol. The highest BCUT2D eigenvalue weighted by molar-refractivity contribution is 5.40. The van der Waals surface area contributed by atoms with E-state index in [1.54, 1.807) is 0 Å². The van der Waals surface area contributed by atoms with Crippen LogP contribution in [0.15, 0.2) is 6.07 Å². The Bertz CT molecular complexity index is 519. The summed E-state index contributed by atoms with van der Waals surface area (Å²) in [6.07, 6.45) is 1.11. The van der Waals surface area contributed by atoms with Crippen LogP contribution < -0.4 is 5.32 Å². The molecule has 1 aromatic rings. The summed E-state index contributed by atoms with van der Waals surface area (Å²) in [4.78, 5) is 14.5. The Morgan fingerprint density at radius 1 is 1.04 bits per heavy atom. The standard InChI is InChI=1S/C20H37N5/c1-15(2)17-14-18(22-19(21-17)16(3)4)23-20(5,6)8-9-25-12-10-24(7)11-13-25/h14-16H,8-13H2,1-7H3,(H,21,22,23). The van der Waals surface area contributed by atoms with Gasteiger partial charge in [-0.2, -0.15) is 0 Å². The summed E-state index contributed by atoms with van der Waals surface area (Å²) in [5, 5.41) is 3.67. The SMILES string of the molecule is CC(C)c1cc(NC(C)(C)CCN2CCN(C)CC2)nc(C(C)C)n1. The van der Waals surface area contributed by atoms with Crippen LogP contribution in [0.3, 0.4) is 0 Å². The fourth-order valence-corrected chi connectivity index (χ4v) is 3.02. The molecule has 1 fully saturated rings. The highest BCUT2D eigenvalue weighted by Gasteiger charge is 2.22. The van der Waals surface area contributed by atoms with Crippen molar-refractivity contribution in [2.75, 3.05) is 45.1 Å². The average Bonchev–Trinajstić information content (AvgIpc) is 2.53. The molecule has 1 aliphatic rings. The number of nitrogens with one attached hydrogen (secondary N) is 1. The first-order valence-corrected chi connectivity index (χ1v) is 9.74. The molecule has 1 N–H and O–H groups in total. The van der Waals surface area contributed by atoms with Gasteiger partial charge in [-0.3, -0.25) is 0 Å². The van der Waals surface area contributed by atoms with Crippen LogP contribution in [-0.4, -0.2) is 65.1 Å². The minimum atomic E-state index is 0.0141. The lowest BCUT2D eigenvalue weighted by molar-refractivity contribution is 0.147. The Kier molecular flexibility index (Phi) is 6.80. The first kappa shape index (κ1) is 20.1. The van der Waals surface area contributed by atoms with Crippen LogP contribution in [0.25, 0.3) is 0 Å². The molecule has 0 spiro atoms. The van der Waals surface area contributed by atoms with Crippen molar-refractivity contribution >= 4 is 5.82 Å². The smallest absolute Gasteiger partial charge is 0.133 e. The normalized spacial score (nSPS) is 17.5. The summed E-state index contributed by atoms with van der Waals surface area (Å²) in [6.45, 7) is 19.1. The second-order valence-corrected chi connectivity index (χ2v) is 8.75. The number of likely N-dealkylation sites (N-methyl/N-ethyl adjacent to an activating group) is 1. The maximum Gasteiger partial charge on any atom is 0.133 e. The van der Waals surface area contributed by atoms with Gasteiger partial charge in [-0.15, -0.1) is 0 Å². The summed E-state index contributed by atoms with van der Waals surface area (Å²) in [7, 11) is 2.20. The van der Waals surface area contributed by atoms with Gasteiger partial charge in [-0.05, 0) is 33.2 Å². The lowest BCUT2D eigenvalue weighted by Gasteiger charge is -2.35. The summed E-state index contributed by atoms with van der Waals surface area (Å²) < 4.78 is 0. The van der Waals surface area contributed by atoms with Gasteiger partial charge in [0.05, 0.1) is 0 Å². The number of anilines is 1. The molecule has 0 bridgehead atoms. The molecule has 1 aromatic heterocycles. The second kappa shape index (κ2) is 8.45. The molecule has 1 saturated heterocycles. The number of nitrogens with zero attached hydrogens (tertiary/aromatic N) is 4. The van der Waals surface area contributed by atoms with Gasteiger partial charge in [0.15, 0.2) is 0 Å². The van der Waals surface area contributed by atoms with Crippen molar-refractivity contribution in [1.29, 1.82) is 0 Å². The van der Waals surface area contributed by atoms with Gasteiger partial charge in [0, 0.05) is 55.9 Å². The Hall–Kier alpha value is -1.20. The fourth-order valence-electron chi connectivity index (χ4n) is 3.02. The molecule has 25 heavy (non-hydrogen) atoms. The molecule has 0 radical (unpaired) electrons. The molecule has 0 atom stereocenters. The fraction of sp³-hybridized carbons (Fsp3) is 0.800. The van der Waals surface area contributed by atoms with Crippen LogP contribution in [-0.2, 0) is 0 Å². The van der Waals surface area contributed by atoms with Crippen LogP contribution in [0.5, 0.6) is 0 Å². The molecule has 5 nitrogen and oxygen atoms in total. The molecule has 0 saturated carbocycles. The van der Waals surface area contributed by atoms with Gasteiger partial charge in [0.1, 0.15) is 11.6 Å². The van der Waals surface area contributed by atoms with Crippen LogP contribution in [0, 0.1) is 0 Å². The van der Waals surface area contributed by atoms with Crippen molar-refractivity contribution < 1.29 is 0 Å². The first-order chi connectivity index (χ1) is 11.7. The van der Waals surface area contributed by atoms with Crippen molar-refractivity contribution in [3.8, 4) is 0 Å². The Labute approximate surface area is 154 Å². The van der Waals surface area contributed by atoms with Crippen molar-refractivity contribution in [3.05, 3.63) is 17.6 Å². The van der Waals surface area contributed by atoms with Crippen molar-refractivity contribution in [3.63, 3.8) is 0 Å². The van der Waals surface area contributed by atoms with Crippen LogP contribution >= 0.6 is 0 Å². The van der Waals surface area contributed by atoms with E-state index in [1.807, 2.05) is 0 Å². The van der Waals surface area contributed by atoms with E-state index in [0.717, 1.165) is 30.3 Å². The largest absolute Gasteiger partial charge is 0.365 e. The van der Waals surface area contributed by atoms with Gasteiger partial charge in [0.2, 0.25) is 0 Å². The Morgan fingerprint density at radius 2 is 1.68 bits per heavy atom. The molecule has 0 aliphatic carbocycles. The average molecular weight is 348 g/mol. The third kappa shape index (κ3) is 6.23. The lowest BCUT2D eigenvalue weighted by Crippen LogP contribution is -2.46. The van der Waals surface area contributed by atoms with Crippen LogP contribution in [0.2, 0.25) is 0 Å². The maximum absolute atomic E-state index is 4.76. The van der Waals surface area contributed by atoms with E-state index in [-0.39, 0.29) is 5.54 Å². The third-order valence-corrected chi connectivity index (χ3v) is 4.99. The van der Waals surface area contributed by atoms with Gasteiger partial charge in [-0.25, -0.2) is 9.97 Å². The third-order valence-electron chi connectivity index (χ3n) is 4.99. The molecule has 0 amide bonds. The Balaban J connectivity index is 2.01.